The maximum atomic E-state index is 12.0. The lowest BCUT2D eigenvalue weighted by molar-refractivity contribution is 0.216. The van der Waals surface area contributed by atoms with Crippen molar-refractivity contribution in [1.82, 2.24) is 4.72 Å². The Hall–Kier alpha value is -0.910. The van der Waals surface area contributed by atoms with Gasteiger partial charge in [0.15, 0.2) is 0 Å². The molecule has 2 atom stereocenters. The molecule has 17 heavy (non-hydrogen) atoms. The lowest BCUT2D eigenvalue weighted by Crippen LogP contribution is -2.38. The predicted octanol–water partition coefficient (Wildman–Crippen LogP) is 1.29. The van der Waals surface area contributed by atoms with Crippen LogP contribution in [0.1, 0.15) is 19.4 Å². The van der Waals surface area contributed by atoms with E-state index in [1.807, 2.05) is 6.92 Å². The number of hydrogen-bond donors (Lipinski definition) is 2. The zero-order chi connectivity index (χ0) is 13.1. The summed E-state index contributed by atoms with van der Waals surface area (Å²) < 4.78 is 26.5. The quantitative estimate of drug-likeness (QED) is 0.835. The standard InChI is InChI=1S/C12H19NO3S/c1-9-4-6-12(7-5-9)17(15,16)13-11(3)10(2)8-14/h4-7,10-11,13-14H,8H2,1-3H3/t10-,11+/m1/s1. The van der Waals surface area contributed by atoms with Crippen molar-refractivity contribution in [2.75, 3.05) is 6.61 Å². The van der Waals surface area contributed by atoms with E-state index >= 15 is 0 Å². The van der Waals surface area contributed by atoms with Crippen LogP contribution in [0.25, 0.3) is 0 Å². The fourth-order valence-corrected chi connectivity index (χ4v) is 2.66. The first-order valence-electron chi connectivity index (χ1n) is 5.56. The molecule has 0 aliphatic carbocycles. The number of rotatable bonds is 5. The lowest BCUT2D eigenvalue weighted by atomic mass is 10.1. The Bertz CT molecular complexity index is 453. The molecule has 0 radical (unpaired) electrons. The summed E-state index contributed by atoms with van der Waals surface area (Å²) in [7, 11) is -3.49. The average molecular weight is 257 g/mol. The van der Waals surface area contributed by atoms with E-state index in [1.54, 1.807) is 38.1 Å². The number of hydrogen-bond acceptors (Lipinski definition) is 3. The second kappa shape index (κ2) is 5.62. The number of benzene rings is 1. The van der Waals surface area contributed by atoms with Gasteiger partial charge >= 0.3 is 0 Å². The molecule has 0 aliphatic rings. The molecule has 2 N–H and O–H groups in total. The van der Waals surface area contributed by atoms with Gasteiger partial charge in [0.2, 0.25) is 10.0 Å². The Labute approximate surface area is 103 Å². The van der Waals surface area contributed by atoms with Gasteiger partial charge in [0.25, 0.3) is 0 Å². The predicted molar refractivity (Wildman–Crippen MR) is 67.2 cm³/mol. The number of nitrogens with one attached hydrogen (secondary N) is 1. The molecule has 1 aromatic carbocycles. The highest BCUT2D eigenvalue weighted by Crippen LogP contribution is 2.12. The van der Waals surface area contributed by atoms with Crippen LogP contribution >= 0.6 is 0 Å². The van der Waals surface area contributed by atoms with Gasteiger partial charge in [-0.3, -0.25) is 0 Å². The zero-order valence-electron chi connectivity index (χ0n) is 10.3. The van der Waals surface area contributed by atoms with E-state index in [0.717, 1.165) is 5.56 Å². The van der Waals surface area contributed by atoms with Gasteiger partial charge in [-0.1, -0.05) is 24.6 Å². The van der Waals surface area contributed by atoms with Crippen LogP contribution in [0.2, 0.25) is 0 Å². The van der Waals surface area contributed by atoms with E-state index in [0.29, 0.717) is 0 Å². The van der Waals surface area contributed by atoms with Gasteiger partial charge in [0.1, 0.15) is 0 Å². The minimum absolute atomic E-state index is 0.0441. The van der Waals surface area contributed by atoms with E-state index in [2.05, 4.69) is 4.72 Å². The lowest BCUT2D eigenvalue weighted by Gasteiger charge is -2.19. The van der Waals surface area contributed by atoms with E-state index in [9.17, 15) is 8.42 Å². The molecule has 0 heterocycles. The highest BCUT2D eigenvalue weighted by molar-refractivity contribution is 7.89. The highest BCUT2D eigenvalue weighted by Gasteiger charge is 2.20. The van der Waals surface area contributed by atoms with Gasteiger partial charge in [-0.15, -0.1) is 0 Å². The Balaban J connectivity index is 2.85. The van der Waals surface area contributed by atoms with Crippen molar-refractivity contribution in [2.24, 2.45) is 5.92 Å². The van der Waals surface area contributed by atoms with Gasteiger partial charge in [-0.2, -0.15) is 0 Å². The molecule has 0 aromatic heterocycles. The number of sulfonamides is 1. The number of aryl methyl sites for hydroxylation is 1. The molecule has 96 valence electrons. The molecule has 0 bridgehead atoms. The average Bonchev–Trinajstić information content (AvgIpc) is 2.27. The molecule has 5 heteroatoms. The van der Waals surface area contributed by atoms with Crippen molar-refractivity contribution in [3.8, 4) is 0 Å². The molecule has 0 fully saturated rings. The third kappa shape index (κ3) is 3.80. The summed E-state index contributed by atoms with van der Waals surface area (Å²) in [4.78, 5) is 0.250. The van der Waals surface area contributed by atoms with Crippen LogP contribution in [0.4, 0.5) is 0 Å². The molecule has 0 aliphatic heterocycles. The zero-order valence-corrected chi connectivity index (χ0v) is 11.2. The van der Waals surface area contributed by atoms with Crippen molar-refractivity contribution in [3.63, 3.8) is 0 Å². The van der Waals surface area contributed by atoms with Crippen molar-refractivity contribution in [1.29, 1.82) is 0 Å². The summed E-state index contributed by atoms with van der Waals surface area (Å²) in [5, 5.41) is 8.97. The Morgan fingerprint density at radius 2 is 1.76 bits per heavy atom. The fourth-order valence-electron chi connectivity index (χ4n) is 1.30. The molecular formula is C12H19NO3S. The van der Waals surface area contributed by atoms with E-state index in [4.69, 9.17) is 5.11 Å². The summed E-state index contributed by atoms with van der Waals surface area (Å²) in [6.45, 7) is 5.40. The SMILES string of the molecule is Cc1ccc(S(=O)(=O)N[C@@H](C)[C@H](C)CO)cc1. The minimum Gasteiger partial charge on any atom is -0.396 e. The Morgan fingerprint density at radius 3 is 2.24 bits per heavy atom. The van der Waals surface area contributed by atoms with Gasteiger partial charge in [0.05, 0.1) is 4.90 Å². The van der Waals surface area contributed by atoms with Crippen molar-refractivity contribution in [3.05, 3.63) is 29.8 Å². The molecule has 1 rings (SSSR count). The first kappa shape index (κ1) is 14.2. The van der Waals surface area contributed by atoms with Gasteiger partial charge in [-0.25, -0.2) is 13.1 Å². The first-order valence-corrected chi connectivity index (χ1v) is 7.05. The van der Waals surface area contributed by atoms with Gasteiger partial charge < -0.3 is 5.11 Å². The second-order valence-electron chi connectivity index (χ2n) is 4.38. The summed E-state index contributed by atoms with van der Waals surface area (Å²) in [6, 6.07) is 6.37. The van der Waals surface area contributed by atoms with Gasteiger partial charge in [-0.05, 0) is 31.9 Å². The third-order valence-corrected chi connectivity index (χ3v) is 4.39. The van der Waals surface area contributed by atoms with Crippen molar-refractivity contribution < 1.29 is 13.5 Å². The molecule has 0 saturated heterocycles. The second-order valence-corrected chi connectivity index (χ2v) is 6.10. The summed E-state index contributed by atoms with van der Waals surface area (Å²) in [5.74, 6) is -0.116. The van der Waals surface area contributed by atoms with Crippen LogP contribution in [0.15, 0.2) is 29.2 Å². The summed E-state index contributed by atoms with van der Waals surface area (Å²) in [6.07, 6.45) is 0. The summed E-state index contributed by atoms with van der Waals surface area (Å²) >= 11 is 0. The van der Waals surface area contributed by atoms with Crippen LogP contribution < -0.4 is 4.72 Å². The molecule has 0 unspecified atom stereocenters. The first-order chi connectivity index (χ1) is 7.86. The maximum Gasteiger partial charge on any atom is 0.240 e. The third-order valence-electron chi connectivity index (χ3n) is 2.81. The van der Waals surface area contributed by atoms with Crippen LogP contribution in [0.3, 0.4) is 0 Å². The Morgan fingerprint density at radius 1 is 1.24 bits per heavy atom. The monoisotopic (exact) mass is 257 g/mol. The molecular weight excluding hydrogens is 238 g/mol. The fraction of sp³-hybridized carbons (Fsp3) is 0.500. The van der Waals surface area contributed by atoms with Gasteiger partial charge in [0, 0.05) is 12.6 Å². The normalized spacial score (nSPS) is 15.5. The smallest absolute Gasteiger partial charge is 0.240 e. The Kier molecular flexibility index (Phi) is 4.68. The molecule has 4 nitrogen and oxygen atoms in total. The van der Waals surface area contributed by atoms with E-state index in [1.165, 1.54) is 0 Å². The van der Waals surface area contributed by atoms with Crippen LogP contribution in [0.5, 0.6) is 0 Å². The van der Waals surface area contributed by atoms with E-state index < -0.39 is 10.0 Å². The number of aliphatic hydroxyl groups excluding tert-OH is 1. The van der Waals surface area contributed by atoms with Crippen molar-refractivity contribution >= 4 is 10.0 Å². The van der Waals surface area contributed by atoms with Crippen molar-refractivity contribution in [2.45, 2.75) is 31.7 Å². The topological polar surface area (TPSA) is 66.4 Å². The molecule has 0 spiro atoms. The van der Waals surface area contributed by atoms with Crippen LogP contribution in [-0.2, 0) is 10.0 Å². The van der Waals surface area contributed by atoms with Crippen LogP contribution in [0, 0.1) is 12.8 Å². The minimum atomic E-state index is -3.49. The largest absolute Gasteiger partial charge is 0.396 e. The molecule has 1 aromatic rings. The number of aliphatic hydroxyl groups is 1. The maximum absolute atomic E-state index is 12.0. The van der Waals surface area contributed by atoms with Crippen LogP contribution in [-0.4, -0.2) is 26.2 Å². The summed E-state index contributed by atoms with van der Waals surface area (Å²) in [5.41, 5.74) is 1.01. The molecule has 0 saturated carbocycles. The highest BCUT2D eigenvalue weighted by atomic mass is 32.2. The van der Waals surface area contributed by atoms with E-state index in [-0.39, 0.29) is 23.5 Å². The molecule has 0 amide bonds.